The van der Waals surface area contributed by atoms with Crippen molar-refractivity contribution in [3.63, 3.8) is 0 Å². The maximum absolute atomic E-state index is 6.08. The Hall–Kier alpha value is -2.17. The number of ether oxygens (including phenoxy) is 1. The molecule has 1 aliphatic heterocycles. The predicted molar refractivity (Wildman–Crippen MR) is 101 cm³/mol. The largest absolute Gasteiger partial charge is 0.381 e. The van der Waals surface area contributed by atoms with Crippen molar-refractivity contribution < 1.29 is 4.74 Å². The number of rotatable bonds is 4. The van der Waals surface area contributed by atoms with Crippen LogP contribution in [-0.2, 0) is 10.2 Å². The van der Waals surface area contributed by atoms with Gasteiger partial charge in [-0.05, 0) is 42.7 Å². The standard InChI is InChI=1S/C20H20ClN3O/c21-16-7-5-15(6-8-16)20(9-11-25-12-10-20)13-22-19-17-3-1-2-4-18(17)23-14-24-19/h1-8,14H,9-13H2,(H,22,23,24). The summed E-state index contributed by atoms with van der Waals surface area (Å²) in [7, 11) is 0. The van der Waals surface area contributed by atoms with Crippen LogP contribution >= 0.6 is 11.6 Å². The van der Waals surface area contributed by atoms with Crippen LogP contribution in [0.4, 0.5) is 5.82 Å². The summed E-state index contributed by atoms with van der Waals surface area (Å²) in [5.74, 6) is 0.880. The fraction of sp³-hybridized carbons (Fsp3) is 0.300. The molecule has 0 radical (unpaired) electrons. The molecule has 4 nitrogen and oxygen atoms in total. The Kier molecular flexibility index (Phi) is 4.55. The first-order valence-electron chi connectivity index (χ1n) is 8.54. The van der Waals surface area contributed by atoms with Crippen LogP contribution in [0.3, 0.4) is 0 Å². The van der Waals surface area contributed by atoms with Crippen LogP contribution in [-0.4, -0.2) is 29.7 Å². The maximum atomic E-state index is 6.08. The number of nitrogens with zero attached hydrogens (tertiary/aromatic N) is 2. The molecular formula is C20H20ClN3O. The minimum Gasteiger partial charge on any atom is -0.381 e. The molecule has 1 aromatic heterocycles. The Morgan fingerprint density at radius 3 is 2.56 bits per heavy atom. The van der Waals surface area contributed by atoms with Crippen LogP contribution < -0.4 is 5.32 Å². The Bertz CT molecular complexity index is 855. The topological polar surface area (TPSA) is 47.0 Å². The summed E-state index contributed by atoms with van der Waals surface area (Å²) < 4.78 is 5.61. The van der Waals surface area contributed by atoms with Crippen molar-refractivity contribution in [2.24, 2.45) is 0 Å². The number of para-hydroxylation sites is 1. The highest BCUT2D eigenvalue weighted by Gasteiger charge is 2.34. The average molecular weight is 354 g/mol. The zero-order chi connectivity index (χ0) is 17.1. The summed E-state index contributed by atoms with van der Waals surface area (Å²) in [6, 6.07) is 16.3. The summed E-state index contributed by atoms with van der Waals surface area (Å²) in [4.78, 5) is 8.79. The third-order valence-electron chi connectivity index (χ3n) is 5.04. The second kappa shape index (κ2) is 6.98. The van der Waals surface area contributed by atoms with E-state index in [4.69, 9.17) is 16.3 Å². The normalized spacial score (nSPS) is 16.7. The molecule has 2 aromatic carbocycles. The van der Waals surface area contributed by atoms with E-state index in [1.54, 1.807) is 6.33 Å². The lowest BCUT2D eigenvalue weighted by atomic mass is 9.74. The van der Waals surface area contributed by atoms with E-state index in [1.807, 2.05) is 30.3 Å². The van der Waals surface area contributed by atoms with Crippen molar-refractivity contribution in [2.45, 2.75) is 18.3 Å². The number of benzene rings is 2. The van der Waals surface area contributed by atoms with Gasteiger partial charge in [-0.2, -0.15) is 0 Å². The van der Waals surface area contributed by atoms with Gasteiger partial charge in [-0.3, -0.25) is 0 Å². The molecule has 1 aliphatic rings. The van der Waals surface area contributed by atoms with Crippen LogP contribution in [0, 0.1) is 0 Å². The van der Waals surface area contributed by atoms with Gasteiger partial charge >= 0.3 is 0 Å². The molecule has 0 unspecified atom stereocenters. The van der Waals surface area contributed by atoms with E-state index in [2.05, 4.69) is 33.5 Å². The van der Waals surface area contributed by atoms with Crippen molar-refractivity contribution in [3.05, 3.63) is 65.4 Å². The Morgan fingerprint density at radius 1 is 1.00 bits per heavy atom. The predicted octanol–water partition coefficient (Wildman–Crippen LogP) is 4.44. The number of anilines is 1. The van der Waals surface area contributed by atoms with Crippen molar-refractivity contribution in [1.82, 2.24) is 9.97 Å². The molecule has 0 bridgehead atoms. The van der Waals surface area contributed by atoms with Crippen molar-refractivity contribution in [1.29, 1.82) is 0 Å². The van der Waals surface area contributed by atoms with E-state index in [1.165, 1.54) is 5.56 Å². The lowest BCUT2D eigenvalue weighted by Crippen LogP contribution is -2.40. The first-order chi connectivity index (χ1) is 12.3. The van der Waals surface area contributed by atoms with E-state index in [-0.39, 0.29) is 5.41 Å². The Morgan fingerprint density at radius 2 is 1.76 bits per heavy atom. The molecule has 0 amide bonds. The van der Waals surface area contributed by atoms with Gasteiger partial charge in [0.05, 0.1) is 5.52 Å². The van der Waals surface area contributed by atoms with E-state index in [9.17, 15) is 0 Å². The second-order valence-electron chi connectivity index (χ2n) is 6.49. The maximum Gasteiger partial charge on any atom is 0.137 e. The van der Waals surface area contributed by atoms with Gasteiger partial charge in [0.25, 0.3) is 0 Å². The molecule has 4 rings (SSSR count). The molecule has 0 saturated carbocycles. The first-order valence-corrected chi connectivity index (χ1v) is 8.92. The van der Waals surface area contributed by atoms with Crippen molar-refractivity contribution >= 4 is 28.3 Å². The van der Waals surface area contributed by atoms with E-state index in [0.717, 1.165) is 54.3 Å². The number of nitrogens with one attached hydrogen (secondary N) is 1. The van der Waals surface area contributed by atoms with Crippen LogP contribution in [0.25, 0.3) is 10.9 Å². The lowest BCUT2D eigenvalue weighted by molar-refractivity contribution is 0.0544. The van der Waals surface area contributed by atoms with Gasteiger partial charge in [-0.25, -0.2) is 9.97 Å². The quantitative estimate of drug-likeness (QED) is 0.753. The zero-order valence-corrected chi connectivity index (χ0v) is 14.7. The highest BCUT2D eigenvalue weighted by atomic mass is 35.5. The summed E-state index contributed by atoms with van der Waals surface area (Å²) >= 11 is 6.08. The highest BCUT2D eigenvalue weighted by Crippen LogP contribution is 2.36. The number of hydrogen-bond acceptors (Lipinski definition) is 4. The van der Waals surface area contributed by atoms with Gasteiger partial charge in [0, 0.05) is 35.6 Å². The molecule has 1 N–H and O–H groups in total. The molecule has 0 aliphatic carbocycles. The molecule has 25 heavy (non-hydrogen) atoms. The summed E-state index contributed by atoms with van der Waals surface area (Å²) in [6.45, 7) is 2.35. The van der Waals surface area contributed by atoms with Gasteiger partial charge in [0.2, 0.25) is 0 Å². The van der Waals surface area contributed by atoms with Gasteiger partial charge < -0.3 is 10.1 Å². The Labute approximate surface area is 152 Å². The summed E-state index contributed by atoms with van der Waals surface area (Å²) in [5.41, 5.74) is 2.27. The lowest BCUT2D eigenvalue weighted by Gasteiger charge is -2.38. The van der Waals surface area contributed by atoms with E-state index < -0.39 is 0 Å². The fourth-order valence-corrected chi connectivity index (χ4v) is 3.66. The van der Waals surface area contributed by atoms with E-state index in [0.29, 0.717) is 0 Å². The van der Waals surface area contributed by atoms with Gasteiger partial charge in [0.1, 0.15) is 12.1 Å². The zero-order valence-electron chi connectivity index (χ0n) is 13.9. The molecule has 3 aromatic rings. The first kappa shape index (κ1) is 16.3. The average Bonchev–Trinajstić information content (AvgIpc) is 2.67. The van der Waals surface area contributed by atoms with Crippen LogP contribution in [0.15, 0.2) is 54.9 Å². The van der Waals surface area contributed by atoms with Gasteiger partial charge in [-0.15, -0.1) is 0 Å². The highest BCUT2D eigenvalue weighted by molar-refractivity contribution is 6.30. The molecule has 0 atom stereocenters. The number of hydrogen-bond donors (Lipinski definition) is 1. The van der Waals surface area contributed by atoms with Gasteiger partial charge in [-0.1, -0.05) is 35.9 Å². The van der Waals surface area contributed by atoms with Crippen LogP contribution in [0.1, 0.15) is 18.4 Å². The minimum atomic E-state index is 0.0227. The smallest absolute Gasteiger partial charge is 0.137 e. The monoisotopic (exact) mass is 353 g/mol. The SMILES string of the molecule is Clc1ccc(C2(CNc3ncnc4ccccc34)CCOCC2)cc1. The number of halogens is 1. The van der Waals surface area contributed by atoms with Crippen molar-refractivity contribution in [3.8, 4) is 0 Å². The molecule has 0 spiro atoms. The van der Waals surface area contributed by atoms with Crippen LogP contribution in [0.2, 0.25) is 5.02 Å². The molecule has 5 heteroatoms. The third kappa shape index (κ3) is 3.32. The third-order valence-corrected chi connectivity index (χ3v) is 5.30. The molecule has 2 heterocycles. The molecular weight excluding hydrogens is 334 g/mol. The van der Waals surface area contributed by atoms with Crippen LogP contribution in [0.5, 0.6) is 0 Å². The summed E-state index contributed by atoms with van der Waals surface area (Å²) in [6.07, 6.45) is 3.57. The minimum absolute atomic E-state index is 0.0227. The molecule has 128 valence electrons. The number of fused-ring (bicyclic) bond motifs is 1. The Balaban J connectivity index is 1.64. The summed E-state index contributed by atoms with van der Waals surface area (Å²) in [5, 5.41) is 5.38. The van der Waals surface area contributed by atoms with E-state index >= 15 is 0 Å². The molecule has 1 fully saturated rings. The number of aromatic nitrogens is 2. The fourth-order valence-electron chi connectivity index (χ4n) is 3.53. The second-order valence-corrected chi connectivity index (χ2v) is 6.93. The van der Waals surface area contributed by atoms with Gasteiger partial charge in [0.15, 0.2) is 0 Å². The molecule has 1 saturated heterocycles. The van der Waals surface area contributed by atoms with Crippen molar-refractivity contribution in [2.75, 3.05) is 25.1 Å².